The molecule has 3 aromatic rings. The largest absolute Gasteiger partial charge is 0.340 e. The van der Waals surface area contributed by atoms with Gasteiger partial charge in [0.15, 0.2) is 0 Å². The van der Waals surface area contributed by atoms with Gasteiger partial charge >= 0.3 is 0 Å². The Morgan fingerprint density at radius 3 is 2.62 bits per heavy atom. The van der Waals surface area contributed by atoms with Crippen LogP contribution in [0.2, 0.25) is 0 Å². The van der Waals surface area contributed by atoms with Gasteiger partial charge in [-0.25, -0.2) is 4.98 Å². The fourth-order valence-electron chi connectivity index (χ4n) is 3.63. The number of benzene rings is 1. The maximum Gasteiger partial charge on any atom is 0.227 e. The minimum Gasteiger partial charge on any atom is -0.340 e. The van der Waals surface area contributed by atoms with E-state index >= 15 is 0 Å². The van der Waals surface area contributed by atoms with Crippen LogP contribution < -0.4 is 15.5 Å². The van der Waals surface area contributed by atoms with Gasteiger partial charge in [0.25, 0.3) is 0 Å². The molecule has 1 atom stereocenters. The van der Waals surface area contributed by atoms with Crippen LogP contribution in [0, 0.1) is 0 Å². The molecule has 3 heterocycles. The zero-order chi connectivity index (χ0) is 20.1. The Morgan fingerprint density at radius 1 is 1.10 bits per heavy atom. The minimum absolute atomic E-state index is 0.434. The monoisotopic (exact) mass is 388 g/mol. The van der Waals surface area contributed by atoms with E-state index in [1.165, 1.54) is 5.56 Å². The smallest absolute Gasteiger partial charge is 0.227 e. The lowest BCUT2D eigenvalue weighted by Gasteiger charge is -2.23. The highest BCUT2D eigenvalue weighted by Gasteiger charge is 2.18. The van der Waals surface area contributed by atoms with E-state index in [2.05, 4.69) is 63.6 Å². The van der Waals surface area contributed by atoms with E-state index in [0.717, 1.165) is 61.1 Å². The Hall–Kier alpha value is -2.99. The molecule has 0 amide bonds. The molecule has 1 unspecified atom stereocenters. The van der Waals surface area contributed by atoms with Gasteiger partial charge in [-0.3, -0.25) is 4.98 Å². The first-order chi connectivity index (χ1) is 14.2. The molecule has 6 heteroatoms. The van der Waals surface area contributed by atoms with Crippen LogP contribution in [0.4, 0.5) is 17.5 Å². The first-order valence-corrected chi connectivity index (χ1v) is 10.3. The van der Waals surface area contributed by atoms with Crippen LogP contribution >= 0.6 is 0 Å². The van der Waals surface area contributed by atoms with Crippen molar-refractivity contribution in [3.63, 3.8) is 0 Å². The number of rotatable bonds is 5. The lowest BCUT2D eigenvalue weighted by atomic mass is 10.1. The topological polar surface area (TPSA) is 66.0 Å². The van der Waals surface area contributed by atoms with Gasteiger partial charge in [0, 0.05) is 49.0 Å². The Kier molecular flexibility index (Phi) is 6.00. The Morgan fingerprint density at radius 2 is 1.86 bits per heavy atom. The van der Waals surface area contributed by atoms with E-state index in [1.54, 1.807) is 0 Å². The number of aryl methyl sites for hydroxylation is 1. The predicted molar refractivity (Wildman–Crippen MR) is 119 cm³/mol. The molecule has 2 aromatic heterocycles. The summed E-state index contributed by atoms with van der Waals surface area (Å²) in [5, 5.41) is 7.03. The van der Waals surface area contributed by atoms with E-state index < -0.39 is 0 Å². The highest BCUT2D eigenvalue weighted by Crippen LogP contribution is 2.25. The quantitative estimate of drug-likeness (QED) is 0.688. The van der Waals surface area contributed by atoms with Gasteiger partial charge < -0.3 is 15.5 Å². The Labute approximate surface area is 172 Å². The number of anilines is 3. The molecule has 29 heavy (non-hydrogen) atoms. The number of hydrogen-bond donors (Lipinski definition) is 2. The number of pyridine rings is 1. The molecule has 1 aliphatic heterocycles. The summed E-state index contributed by atoms with van der Waals surface area (Å²) in [7, 11) is 0. The number of nitrogens with one attached hydrogen (secondary N) is 2. The molecule has 0 aliphatic carbocycles. The SMILES string of the molecule is CCc1cnc(N2CCCNC(C)C2)nc1Nc1ccc(-c2ccncc2)cc1. The van der Waals surface area contributed by atoms with Gasteiger partial charge in [-0.1, -0.05) is 19.1 Å². The molecular formula is C23H28N6. The van der Waals surface area contributed by atoms with Crippen LogP contribution in [0.3, 0.4) is 0 Å². The summed E-state index contributed by atoms with van der Waals surface area (Å²) in [5.74, 6) is 1.69. The molecule has 0 spiro atoms. The second-order valence-electron chi connectivity index (χ2n) is 7.49. The van der Waals surface area contributed by atoms with Gasteiger partial charge in [0.2, 0.25) is 5.95 Å². The van der Waals surface area contributed by atoms with Crippen LogP contribution in [0.1, 0.15) is 25.8 Å². The molecule has 0 saturated carbocycles. The maximum absolute atomic E-state index is 4.89. The average molecular weight is 389 g/mol. The standard InChI is InChI=1S/C23H28N6/c1-3-18-15-26-23(29-14-4-11-25-17(2)16-29)28-22(18)27-21-7-5-19(6-8-21)20-9-12-24-13-10-20/h5-10,12-13,15,17,25H,3-4,11,14,16H2,1-2H3,(H,26,27,28). The Bertz CT molecular complexity index is 926. The molecule has 2 N–H and O–H groups in total. The van der Waals surface area contributed by atoms with Crippen LogP contribution in [0.25, 0.3) is 11.1 Å². The molecular weight excluding hydrogens is 360 g/mol. The summed E-state index contributed by atoms with van der Waals surface area (Å²) in [6.07, 6.45) is 7.57. The van der Waals surface area contributed by atoms with Gasteiger partial charge in [-0.15, -0.1) is 0 Å². The van der Waals surface area contributed by atoms with Gasteiger partial charge in [0.05, 0.1) is 0 Å². The van der Waals surface area contributed by atoms with Crippen molar-refractivity contribution in [3.05, 3.63) is 60.6 Å². The van der Waals surface area contributed by atoms with Crippen molar-refractivity contribution in [3.8, 4) is 11.1 Å². The molecule has 1 aliphatic rings. The third-order valence-electron chi connectivity index (χ3n) is 5.27. The normalized spacial score (nSPS) is 17.0. The number of hydrogen-bond acceptors (Lipinski definition) is 6. The third-order valence-corrected chi connectivity index (χ3v) is 5.27. The second-order valence-corrected chi connectivity index (χ2v) is 7.49. The zero-order valence-corrected chi connectivity index (χ0v) is 17.1. The summed E-state index contributed by atoms with van der Waals surface area (Å²) >= 11 is 0. The average Bonchev–Trinajstić information content (AvgIpc) is 2.99. The summed E-state index contributed by atoms with van der Waals surface area (Å²) in [6, 6.07) is 12.9. The minimum atomic E-state index is 0.434. The van der Waals surface area contributed by atoms with Crippen LogP contribution in [0.5, 0.6) is 0 Å². The highest BCUT2D eigenvalue weighted by molar-refractivity contribution is 5.68. The summed E-state index contributed by atoms with van der Waals surface area (Å²) in [4.78, 5) is 15.9. The molecule has 4 rings (SSSR count). The van der Waals surface area contributed by atoms with E-state index in [-0.39, 0.29) is 0 Å². The van der Waals surface area contributed by atoms with E-state index in [4.69, 9.17) is 4.98 Å². The van der Waals surface area contributed by atoms with E-state index in [0.29, 0.717) is 6.04 Å². The molecule has 1 aromatic carbocycles. The summed E-state index contributed by atoms with van der Waals surface area (Å²) < 4.78 is 0. The van der Waals surface area contributed by atoms with Gasteiger partial charge in [-0.2, -0.15) is 4.98 Å². The van der Waals surface area contributed by atoms with Gasteiger partial charge in [0.1, 0.15) is 5.82 Å². The molecule has 0 radical (unpaired) electrons. The lowest BCUT2D eigenvalue weighted by molar-refractivity contribution is 0.582. The van der Waals surface area contributed by atoms with Crippen LogP contribution in [-0.2, 0) is 6.42 Å². The highest BCUT2D eigenvalue weighted by atomic mass is 15.3. The van der Waals surface area contributed by atoms with Crippen molar-refractivity contribution in [2.24, 2.45) is 0 Å². The first-order valence-electron chi connectivity index (χ1n) is 10.3. The fraction of sp³-hybridized carbons (Fsp3) is 0.348. The van der Waals surface area contributed by atoms with Crippen molar-refractivity contribution < 1.29 is 0 Å². The number of aromatic nitrogens is 3. The molecule has 1 fully saturated rings. The summed E-state index contributed by atoms with van der Waals surface area (Å²) in [6.45, 7) is 7.28. The first kappa shape index (κ1) is 19.3. The zero-order valence-electron chi connectivity index (χ0n) is 17.1. The van der Waals surface area contributed by atoms with E-state index in [1.807, 2.05) is 30.7 Å². The van der Waals surface area contributed by atoms with Crippen molar-refractivity contribution in [2.45, 2.75) is 32.7 Å². The van der Waals surface area contributed by atoms with E-state index in [9.17, 15) is 0 Å². The third kappa shape index (κ3) is 4.71. The van der Waals surface area contributed by atoms with Crippen LogP contribution in [0.15, 0.2) is 55.0 Å². The summed E-state index contributed by atoms with van der Waals surface area (Å²) in [5.41, 5.74) is 4.47. The lowest BCUT2D eigenvalue weighted by Crippen LogP contribution is -2.36. The van der Waals surface area contributed by atoms with Crippen molar-refractivity contribution >= 4 is 17.5 Å². The molecule has 6 nitrogen and oxygen atoms in total. The second kappa shape index (κ2) is 9.01. The maximum atomic E-state index is 4.89. The number of nitrogens with zero attached hydrogens (tertiary/aromatic N) is 4. The fourth-order valence-corrected chi connectivity index (χ4v) is 3.63. The predicted octanol–water partition coefficient (Wildman–Crippen LogP) is 4.03. The van der Waals surface area contributed by atoms with Crippen molar-refractivity contribution in [1.29, 1.82) is 0 Å². The molecule has 0 bridgehead atoms. The van der Waals surface area contributed by atoms with Gasteiger partial charge in [-0.05, 0) is 61.7 Å². The molecule has 1 saturated heterocycles. The molecule has 150 valence electrons. The van der Waals surface area contributed by atoms with Crippen LogP contribution in [-0.4, -0.2) is 40.6 Å². The Balaban J connectivity index is 1.55. The van der Waals surface area contributed by atoms with Crippen molar-refractivity contribution in [1.82, 2.24) is 20.3 Å². The van der Waals surface area contributed by atoms with Crippen molar-refractivity contribution in [2.75, 3.05) is 29.9 Å².